The molecule has 0 spiro atoms. The van der Waals surface area contributed by atoms with Gasteiger partial charge in [-0.25, -0.2) is 0 Å². The molecule has 9 heteroatoms. The van der Waals surface area contributed by atoms with E-state index in [1.807, 2.05) is 0 Å². The van der Waals surface area contributed by atoms with Crippen molar-refractivity contribution in [3.8, 4) is 0 Å². The third-order valence-corrected chi connectivity index (χ3v) is 4.56. The number of hydrogen-bond acceptors (Lipinski definition) is 5. The molecule has 0 aliphatic rings. The second-order valence-corrected chi connectivity index (χ2v) is 6.78. The van der Waals surface area contributed by atoms with E-state index in [1.54, 1.807) is 49.4 Å². The molecule has 0 saturated heterocycles. The molecule has 0 fully saturated rings. The van der Waals surface area contributed by atoms with Gasteiger partial charge in [0.15, 0.2) is 0 Å². The van der Waals surface area contributed by atoms with Crippen LogP contribution in [0.5, 0.6) is 0 Å². The van der Waals surface area contributed by atoms with Gasteiger partial charge in [-0.3, -0.25) is 19.2 Å². The molecule has 0 aliphatic heterocycles. The summed E-state index contributed by atoms with van der Waals surface area (Å²) in [4.78, 5) is 47.3. The minimum atomic E-state index is -0.878. The van der Waals surface area contributed by atoms with Crippen LogP contribution in [0.3, 0.4) is 0 Å². The van der Waals surface area contributed by atoms with Gasteiger partial charge in [0.05, 0.1) is 13.5 Å². The van der Waals surface area contributed by atoms with E-state index >= 15 is 0 Å². The number of carbonyl (C=O) groups is 4. The van der Waals surface area contributed by atoms with Crippen molar-refractivity contribution in [3.63, 3.8) is 0 Å². The Bertz CT molecular complexity index is 961. The maximum absolute atomic E-state index is 12.0. The molecule has 2 aromatic rings. The van der Waals surface area contributed by atoms with Gasteiger partial charge in [0, 0.05) is 29.4 Å². The second-order valence-electron chi connectivity index (χ2n) is 6.37. The fraction of sp³-hybridized carbons (Fsp3) is 0.238. The van der Waals surface area contributed by atoms with Crippen LogP contribution in [-0.2, 0) is 30.3 Å². The maximum atomic E-state index is 12.0. The average molecular weight is 432 g/mol. The van der Waals surface area contributed by atoms with Gasteiger partial charge in [0.1, 0.15) is 0 Å². The average Bonchev–Trinajstić information content (AvgIpc) is 2.71. The summed E-state index contributed by atoms with van der Waals surface area (Å²) in [5, 5.41) is 8.08. The minimum Gasteiger partial charge on any atom is -0.469 e. The molecule has 0 atom stereocenters. The van der Waals surface area contributed by atoms with E-state index < -0.39 is 17.8 Å². The van der Waals surface area contributed by atoms with Crippen LogP contribution < -0.4 is 16.0 Å². The highest BCUT2D eigenvalue weighted by atomic mass is 35.5. The third kappa shape index (κ3) is 6.89. The van der Waals surface area contributed by atoms with Gasteiger partial charge >= 0.3 is 17.8 Å². The number of nitrogens with one attached hydrogen (secondary N) is 3. The first kappa shape index (κ1) is 22.9. The van der Waals surface area contributed by atoms with Gasteiger partial charge < -0.3 is 20.7 Å². The van der Waals surface area contributed by atoms with Gasteiger partial charge in [0.25, 0.3) is 0 Å². The van der Waals surface area contributed by atoms with Gasteiger partial charge in [-0.1, -0.05) is 29.8 Å². The topological polar surface area (TPSA) is 114 Å². The summed E-state index contributed by atoms with van der Waals surface area (Å²) >= 11 is 6.01. The van der Waals surface area contributed by atoms with Crippen LogP contribution in [0, 0.1) is 6.92 Å². The molecule has 0 heterocycles. The van der Waals surface area contributed by atoms with Crippen molar-refractivity contribution >= 4 is 46.7 Å². The number of halogens is 1. The van der Waals surface area contributed by atoms with Crippen LogP contribution in [0.1, 0.15) is 17.5 Å². The molecule has 0 radical (unpaired) electrons. The summed E-state index contributed by atoms with van der Waals surface area (Å²) in [5.74, 6) is -2.49. The van der Waals surface area contributed by atoms with Gasteiger partial charge in [-0.15, -0.1) is 0 Å². The number of methoxy groups -OCH3 is 1. The van der Waals surface area contributed by atoms with Crippen LogP contribution in [0.15, 0.2) is 42.5 Å². The van der Waals surface area contributed by atoms with Gasteiger partial charge in [-0.05, 0) is 42.3 Å². The standard InChI is InChI=1S/C21H22ClN3O5/c1-13-16(22)7-4-8-17(13)25-18(26)9-10-23-20(28)21(29)24-15-6-3-5-14(11-15)12-19(27)30-2/h3-8,11H,9-10,12H2,1-2H3,(H,23,28)(H,24,29)(H,25,26). The molecule has 0 bridgehead atoms. The van der Waals surface area contributed by atoms with Crippen LogP contribution in [0.25, 0.3) is 0 Å². The fourth-order valence-corrected chi connectivity index (χ4v) is 2.69. The first-order chi connectivity index (χ1) is 14.3. The predicted octanol–water partition coefficient (Wildman–Crippen LogP) is 2.45. The summed E-state index contributed by atoms with van der Waals surface area (Å²) in [5.41, 5.74) is 2.33. The highest BCUT2D eigenvalue weighted by Crippen LogP contribution is 2.22. The number of amides is 3. The number of hydrogen-bond donors (Lipinski definition) is 3. The van der Waals surface area contributed by atoms with Crippen LogP contribution in [0.4, 0.5) is 11.4 Å². The van der Waals surface area contributed by atoms with Crippen molar-refractivity contribution < 1.29 is 23.9 Å². The second kappa shape index (κ2) is 11.0. The largest absolute Gasteiger partial charge is 0.469 e. The molecule has 0 unspecified atom stereocenters. The molecule has 3 N–H and O–H groups in total. The summed E-state index contributed by atoms with van der Waals surface area (Å²) in [6.07, 6.45) is 0.0349. The first-order valence-electron chi connectivity index (χ1n) is 9.10. The molecule has 2 aromatic carbocycles. The Labute approximate surface area is 178 Å². The first-order valence-corrected chi connectivity index (χ1v) is 9.48. The highest BCUT2D eigenvalue weighted by molar-refractivity contribution is 6.39. The van der Waals surface area contributed by atoms with Gasteiger partial charge in [0.2, 0.25) is 5.91 Å². The molecule has 2 rings (SSSR count). The third-order valence-electron chi connectivity index (χ3n) is 4.15. The Kier molecular flexibility index (Phi) is 8.37. The van der Waals surface area contributed by atoms with Crippen molar-refractivity contribution in [2.24, 2.45) is 0 Å². The van der Waals surface area contributed by atoms with Crippen molar-refractivity contribution in [1.29, 1.82) is 0 Å². The molecular weight excluding hydrogens is 410 g/mol. The van der Waals surface area contributed by atoms with Crippen LogP contribution in [-0.4, -0.2) is 37.3 Å². The summed E-state index contributed by atoms with van der Waals surface area (Å²) in [6.45, 7) is 1.77. The van der Waals surface area contributed by atoms with Gasteiger partial charge in [-0.2, -0.15) is 0 Å². The van der Waals surface area contributed by atoms with Crippen molar-refractivity contribution in [2.45, 2.75) is 19.8 Å². The number of anilines is 2. The van der Waals surface area contributed by atoms with Crippen molar-refractivity contribution in [2.75, 3.05) is 24.3 Å². The van der Waals surface area contributed by atoms with Crippen molar-refractivity contribution in [3.05, 3.63) is 58.6 Å². The van der Waals surface area contributed by atoms with Crippen LogP contribution in [0.2, 0.25) is 5.02 Å². The Hall–Kier alpha value is -3.39. The van der Waals surface area contributed by atoms with E-state index in [4.69, 9.17) is 11.6 Å². The monoisotopic (exact) mass is 431 g/mol. The van der Waals surface area contributed by atoms with E-state index in [1.165, 1.54) is 7.11 Å². The normalized spacial score (nSPS) is 10.1. The zero-order valence-corrected chi connectivity index (χ0v) is 17.3. The SMILES string of the molecule is COC(=O)Cc1cccc(NC(=O)C(=O)NCCC(=O)Nc2cccc(Cl)c2C)c1. The summed E-state index contributed by atoms with van der Waals surface area (Å²) in [7, 11) is 1.29. The number of ether oxygens (including phenoxy) is 1. The number of benzene rings is 2. The number of esters is 1. The predicted molar refractivity (Wildman–Crippen MR) is 113 cm³/mol. The minimum absolute atomic E-state index is 0.0138. The zero-order chi connectivity index (χ0) is 22.1. The molecule has 30 heavy (non-hydrogen) atoms. The molecule has 8 nitrogen and oxygen atoms in total. The smallest absolute Gasteiger partial charge is 0.313 e. The van der Waals surface area contributed by atoms with E-state index in [9.17, 15) is 19.2 Å². The number of rotatable bonds is 7. The molecule has 0 aromatic heterocycles. The molecule has 0 aliphatic carbocycles. The zero-order valence-electron chi connectivity index (χ0n) is 16.6. The lowest BCUT2D eigenvalue weighted by atomic mass is 10.1. The molecular formula is C21H22ClN3O5. The molecule has 0 saturated carbocycles. The number of carbonyl (C=O) groups excluding carboxylic acids is 4. The molecule has 158 valence electrons. The lowest BCUT2D eigenvalue weighted by Gasteiger charge is -2.10. The van der Waals surface area contributed by atoms with E-state index in [2.05, 4.69) is 20.7 Å². The Morgan fingerprint density at radius 1 is 1.00 bits per heavy atom. The quantitative estimate of drug-likeness (QED) is 0.460. The fourth-order valence-electron chi connectivity index (χ4n) is 2.51. The van der Waals surface area contributed by atoms with E-state index in [-0.39, 0.29) is 25.3 Å². The lowest BCUT2D eigenvalue weighted by Crippen LogP contribution is -2.37. The lowest BCUT2D eigenvalue weighted by molar-refractivity contribution is -0.139. The highest BCUT2D eigenvalue weighted by Gasteiger charge is 2.15. The summed E-state index contributed by atoms with van der Waals surface area (Å²) in [6, 6.07) is 11.7. The molecule has 3 amide bonds. The van der Waals surface area contributed by atoms with Crippen molar-refractivity contribution in [1.82, 2.24) is 5.32 Å². The summed E-state index contributed by atoms with van der Waals surface area (Å²) < 4.78 is 4.60. The Morgan fingerprint density at radius 3 is 2.47 bits per heavy atom. The Morgan fingerprint density at radius 2 is 1.73 bits per heavy atom. The van der Waals surface area contributed by atoms with E-state index in [0.29, 0.717) is 22.0 Å². The maximum Gasteiger partial charge on any atom is 0.313 e. The van der Waals surface area contributed by atoms with E-state index in [0.717, 1.165) is 5.56 Å². The Balaban J connectivity index is 1.80. The van der Waals surface area contributed by atoms with Crippen LogP contribution >= 0.6 is 11.6 Å².